The van der Waals surface area contributed by atoms with Crippen molar-refractivity contribution in [3.8, 4) is 0 Å². The lowest BCUT2D eigenvalue weighted by atomic mass is 10.1. The lowest BCUT2D eigenvalue weighted by Gasteiger charge is -2.20. The molecule has 1 aliphatic heterocycles. The standard InChI is InChI=1S/C10H16N2OS/c13-9(10-12-6-7-14-10)8-4-2-1-3-5-11-8/h6-9,11,13H,1-5H2. The average Bonchev–Trinajstić information content (AvgIpc) is 2.59. The van der Waals surface area contributed by atoms with Gasteiger partial charge in [-0.3, -0.25) is 0 Å². The first-order valence-electron chi connectivity index (χ1n) is 5.19. The van der Waals surface area contributed by atoms with Crippen molar-refractivity contribution in [3.63, 3.8) is 0 Å². The monoisotopic (exact) mass is 212 g/mol. The molecule has 1 aromatic heterocycles. The fraction of sp³-hybridized carbons (Fsp3) is 0.700. The van der Waals surface area contributed by atoms with Crippen molar-refractivity contribution in [1.29, 1.82) is 0 Å². The third kappa shape index (κ3) is 2.32. The van der Waals surface area contributed by atoms with Gasteiger partial charge in [-0.2, -0.15) is 0 Å². The van der Waals surface area contributed by atoms with Gasteiger partial charge in [-0.25, -0.2) is 4.98 Å². The Bertz CT molecular complexity index is 255. The molecule has 2 N–H and O–H groups in total. The van der Waals surface area contributed by atoms with E-state index < -0.39 is 6.10 Å². The summed E-state index contributed by atoms with van der Waals surface area (Å²) in [7, 11) is 0. The van der Waals surface area contributed by atoms with Gasteiger partial charge in [0.25, 0.3) is 0 Å². The van der Waals surface area contributed by atoms with Crippen LogP contribution in [-0.4, -0.2) is 22.7 Å². The summed E-state index contributed by atoms with van der Waals surface area (Å²) in [4.78, 5) is 4.15. The fourth-order valence-corrected chi connectivity index (χ4v) is 2.56. The lowest BCUT2D eigenvalue weighted by Crippen LogP contribution is -2.34. The minimum absolute atomic E-state index is 0.198. The molecular weight excluding hydrogens is 196 g/mol. The Morgan fingerprint density at radius 2 is 2.43 bits per heavy atom. The summed E-state index contributed by atoms with van der Waals surface area (Å²) in [6, 6.07) is 0.198. The van der Waals surface area contributed by atoms with Gasteiger partial charge in [-0.1, -0.05) is 12.8 Å². The van der Waals surface area contributed by atoms with Crippen LogP contribution in [0.4, 0.5) is 0 Å². The van der Waals surface area contributed by atoms with Crippen LogP contribution >= 0.6 is 11.3 Å². The predicted molar refractivity (Wildman–Crippen MR) is 57.3 cm³/mol. The highest BCUT2D eigenvalue weighted by atomic mass is 32.1. The summed E-state index contributed by atoms with van der Waals surface area (Å²) in [5.41, 5.74) is 0. The summed E-state index contributed by atoms with van der Waals surface area (Å²) < 4.78 is 0. The molecule has 2 heterocycles. The smallest absolute Gasteiger partial charge is 0.123 e. The third-order valence-electron chi connectivity index (χ3n) is 2.68. The van der Waals surface area contributed by atoms with E-state index in [4.69, 9.17) is 0 Å². The van der Waals surface area contributed by atoms with Crippen molar-refractivity contribution in [2.24, 2.45) is 0 Å². The number of aromatic nitrogens is 1. The van der Waals surface area contributed by atoms with Crippen molar-refractivity contribution in [1.82, 2.24) is 10.3 Å². The molecule has 2 atom stereocenters. The van der Waals surface area contributed by atoms with Crippen molar-refractivity contribution in [2.45, 2.75) is 37.8 Å². The lowest BCUT2D eigenvalue weighted by molar-refractivity contribution is 0.126. The van der Waals surface area contributed by atoms with Crippen LogP contribution in [0, 0.1) is 0 Å². The number of nitrogens with zero attached hydrogens (tertiary/aromatic N) is 1. The topological polar surface area (TPSA) is 45.2 Å². The number of aliphatic hydroxyl groups excluding tert-OH is 1. The van der Waals surface area contributed by atoms with Crippen molar-refractivity contribution >= 4 is 11.3 Å². The van der Waals surface area contributed by atoms with E-state index in [0.717, 1.165) is 18.0 Å². The molecule has 0 spiro atoms. The molecule has 0 bridgehead atoms. The number of thiazole rings is 1. The molecule has 1 aliphatic rings. The zero-order valence-corrected chi connectivity index (χ0v) is 8.96. The van der Waals surface area contributed by atoms with E-state index in [0.29, 0.717) is 0 Å². The fourth-order valence-electron chi connectivity index (χ4n) is 1.88. The van der Waals surface area contributed by atoms with Crippen LogP contribution in [0.15, 0.2) is 11.6 Å². The van der Waals surface area contributed by atoms with Gasteiger partial charge in [0, 0.05) is 17.6 Å². The molecule has 0 radical (unpaired) electrons. The van der Waals surface area contributed by atoms with Crippen molar-refractivity contribution < 1.29 is 5.11 Å². The number of nitrogens with one attached hydrogen (secondary N) is 1. The second-order valence-electron chi connectivity index (χ2n) is 3.73. The molecule has 2 rings (SSSR count). The molecule has 1 aromatic rings. The molecule has 3 nitrogen and oxygen atoms in total. The van der Waals surface area contributed by atoms with Crippen LogP contribution in [0.2, 0.25) is 0 Å². The molecule has 4 heteroatoms. The maximum absolute atomic E-state index is 10.0. The zero-order valence-electron chi connectivity index (χ0n) is 8.15. The maximum atomic E-state index is 10.0. The third-order valence-corrected chi connectivity index (χ3v) is 3.53. The Kier molecular flexibility index (Phi) is 3.50. The number of rotatable bonds is 2. The second kappa shape index (κ2) is 4.87. The van der Waals surface area contributed by atoms with Gasteiger partial charge in [0.2, 0.25) is 0 Å². The Balaban J connectivity index is 1.99. The molecule has 0 amide bonds. The van der Waals surface area contributed by atoms with Crippen LogP contribution in [0.5, 0.6) is 0 Å². The molecular formula is C10H16N2OS. The first kappa shape index (κ1) is 10.1. The van der Waals surface area contributed by atoms with Crippen LogP contribution in [-0.2, 0) is 0 Å². The zero-order chi connectivity index (χ0) is 9.80. The summed E-state index contributed by atoms with van der Waals surface area (Å²) in [5, 5.41) is 16.2. The average molecular weight is 212 g/mol. The van der Waals surface area contributed by atoms with E-state index in [9.17, 15) is 5.11 Å². The maximum Gasteiger partial charge on any atom is 0.123 e. The minimum Gasteiger partial charge on any atom is -0.384 e. The highest BCUT2D eigenvalue weighted by Gasteiger charge is 2.23. The van der Waals surface area contributed by atoms with Gasteiger partial charge < -0.3 is 10.4 Å². The molecule has 2 unspecified atom stereocenters. The van der Waals surface area contributed by atoms with Crippen LogP contribution in [0.3, 0.4) is 0 Å². The van der Waals surface area contributed by atoms with Gasteiger partial charge in [-0.05, 0) is 19.4 Å². The highest BCUT2D eigenvalue weighted by molar-refractivity contribution is 7.09. The molecule has 0 aromatic carbocycles. The van der Waals surface area contributed by atoms with Gasteiger partial charge >= 0.3 is 0 Å². The van der Waals surface area contributed by atoms with Crippen LogP contribution in [0.1, 0.15) is 36.8 Å². The first-order chi connectivity index (χ1) is 6.88. The largest absolute Gasteiger partial charge is 0.384 e. The normalized spacial score (nSPS) is 25.6. The number of aliphatic hydroxyl groups is 1. The summed E-state index contributed by atoms with van der Waals surface area (Å²) in [5.74, 6) is 0. The van der Waals surface area contributed by atoms with Crippen molar-refractivity contribution in [2.75, 3.05) is 6.54 Å². The first-order valence-corrected chi connectivity index (χ1v) is 6.07. The van der Waals surface area contributed by atoms with E-state index in [-0.39, 0.29) is 6.04 Å². The van der Waals surface area contributed by atoms with Gasteiger partial charge in [0.1, 0.15) is 11.1 Å². The molecule has 0 aliphatic carbocycles. The molecule has 0 saturated carbocycles. The predicted octanol–water partition coefficient (Wildman–Crippen LogP) is 1.71. The summed E-state index contributed by atoms with van der Waals surface area (Å²) in [6.07, 6.45) is 6.09. The van der Waals surface area contributed by atoms with Crippen LogP contribution < -0.4 is 5.32 Å². The quantitative estimate of drug-likeness (QED) is 0.784. The van der Waals surface area contributed by atoms with Crippen molar-refractivity contribution in [3.05, 3.63) is 16.6 Å². The Hall–Kier alpha value is -0.450. The summed E-state index contributed by atoms with van der Waals surface area (Å²) >= 11 is 1.53. The summed E-state index contributed by atoms with van der Waals surface area (Å²) in [6.45, 7) is 1.02. The molecule has 1 saturated heterocycles. The van der Waals surface area contributed by atoms with E-state index in [1.807, 2.05) is 5.38 Å². The Morgan fingerprint density at radius 1 is 1.50 bits per heavy atom. The van der Waals surface area contributed by atoms with Gasteiger partial charge in [0.05, 0.1) is 0 Å². The van der Waals surface area contributed by atoms with Crippen LogP contribution in [0.25, 0.3) is 0 Å². The molecule has 1 fully saturated rings. The van der Waals surface area contributed by atoms with Gasteiger partial charge in [0.15, 0.2) is 0 Å². The second-order valence-corrected chi connectivity index (χ2v) is 4.65. The molecule has 78 valence electrons. The Labute approximate surface area is 88.2 Å². The highest BCUT2D eigenvalue weighted by Crippen LogP contribution is 2.23. The SMILES string of the molecule is OC(c1nccs1)C1CCCCCN1. The van der Waals surface area contributed by atoms with E-state index in [2.05, 4.69) is 10.3 Å². The van der Waals surface area contributed by atoms with E-state index >= 15 is 0 Å². The van der Waals surface area contributed by atoms with Gasteiger partial charge in [-0.15, -0.1) is 11.3 Å². The number of hydrogen-bond donors (Lipinski definition) is 2. The Morgan fingerprint density at radius 3 is 3.21 bits per heavy atom. The molecule has 14 heavy (non-hydrogen) atoms. The van der Waals surface area contributed by atoms with E-state index in [1.54, 1.807) is 6.20 Å². The number of hydrogen-bond acceptors (Lipinski definition) is 4. The van der Waals surface area contributed by atoms with E-state index in [1.165, 1.54) is 30.6 Å². The minimum atomic E-state index is -0.423.